The van der Waals surface area contributed by atoms with Crippen LogP contribution >= 0.6 is 15.9 Å². The first-order valence-corrected chi connectivity index (χ1v) is 9.35. The first-order chi connectivity index (χ1) is 13.8. The minimum Gasteiger partial charge on any atom is -0.504 e. The van der Waals surface area contributed by atoms with Crippen molar-refractivity contribution < 1.29 is 29.0 Å². The topological polar surface area (TPSA) is 105 Å². The number of urea groups is 1. The van der Waals surface area contributed by atoms with Crippen molar-refractivity contribution in [1.82, 2.24) is 5.32 Å². The van der Waals surface area contributed by atoms with E-state index >= 15 is 0 Å². The minimum absolute atomic E-state index is 0.161. The van der Waals surface area contributed by atoms with Crippen LogP contribution in [-0.2, 0) is 9.59 Å². The molecule has 0 saturated carbocycles. The van der Waals surface area contributed by atoms with Gasteiger partial charge in [0, 0.05) is 10.0 Å². The Bertz CT molecular complexity index is 1020. The van der Waals surface area contributed by atoms with Crippen molar-refractivity contribution in [1.29, 1.82) is 0 Å². The molecule has 0 aromatic heterocycles. The summed E-state index contributed by atoms with van der Waals surface area (Å²) < 4.78 is 11.0. The summed E-state index contributed by atoms with van der Waals surface area (Å²) in [6.45, 7) is 2.31. The van der Waals surface area contributed by atoms with Crippen molar-refractivity contribution in [3.63, 3.8) is 0 Å². The van der Waals surface area contributed by atoms with Gasteiger partial charge in [-0.3, -0.25) is 14.9 Å². The van der Waals surface area contributed by atoms with Crippen molar-refractivity contribution in [3.8, 4) is 17.2 Å². The average molecular weight is 461 g/mol. The van der Waals surface area contributed by atoms with E-state index in [1.807, 2.05) is 6.92 Å². The Balaban J connectivity index is 2.01. The Kier molecular flexibility index (Phi) is 5.88. The van der Waals surface area contributed by atoms with Gasteiger partial charge in [-0.2, -0.15) is 0 Å². The number of aromatic hydroxyl groups is 1. The largest absolute Gasteiger partial charge is 0.504 e. The molecule has 0 aliphatic carbocycles. The summed E-state index contributed by atoms with van der Waals surface area (Å²) in [6.07, 6.45) is 1.20. The molecule has 1 fully saturated rings. The van der Waals surface area contributed by atoms with Gasteiger partial charge in [-0.15, -0.1) is 0 Å². The number of nitrogens with zero attached hydrogens (tertiary/aromatic N) is 1. The molecule has 0 radical (unpaired) electrons. The van der Waals surface area contributed by atoms with Crippen LogP contribution in [0.4, 0.5) is 10.5 Å². The number of hydrogen-bond donors (Lipinski definition) is 2. The fourth-order valence-electron chi connectivity index (χ4n) is 2.77. The smallest absolute Gasteiger partial charge is 0.335 e. The van der Waals surface area contributed by atoms with Gasteiger partial charge in [0.25, 0.3) is 11.8 Å². The summed E-state index contributed by atoms with van der Waals surface area (Å²) in [5, 5.41) is 12.4. The third-order valence-electron chi connectivity index (χ3n) is 4.10. The molecule has 0 bridgehead atoms. The molecule has 1 saturated heterocycles. The molecule has 150 valence electrons. The number of anilines is 1. The van der Waals surface area contributed by atoms with Crippen LogP contribution in [0, 0.1) is 0 Å². The summed E-state index contributed by atoms with van der Waals surface area (Å²) in [4.78, 5) is 38.4. The third-order valence-corrected chi connectivity index (χ3v) is 4.55. The van der Waals surface area contributed by atoms with Crippen LogP contribution in [-0.4, -0.2) is 36.7 Å². The summed E-state index contributed by atoms with van der Waals surface area (Å²) in [7, 11) is 1.38. The standard InChI is InChI=1S/C20H17BrN2O6/c1-3-29-14-6-4-13(5-7-14)23-19(26)15(18(25)22-20(23)27)9-11-8-12(21)10-16(28-2)17(11)24/h4-10,24H,3H2,1-2H3,(H,22,25,27)/b15-9+. The first-order valence-electron chi connectivity index (χ1n) is 8.56. The molecule has 4 amide bonds. The Hall–Kier alpha value is -3.33. The summed E-state index contributed by atoms with van der Waals surface area (Å²) >= 11 is 3.28. The van der Waals surface area contributed by atoms with Crippen LogP contribution in [0.3, 0.4) is 0 Å². The number of amides is 4. The normalized spacial score (nSPS) is 15.5. The summed E-state index contributed by atoms with van der Waals surface area (Å²) in [5.41, 5.74) is 0.134. The van der Waals surface area contributed by atoms with Gasteiger partial charge in [-0.05, 0) is 49.4 Å². The number of nitrogens with one attached hydrogen (secondary N) is 1. The maximum atomic E-state index is 12.9. The Morgan fingerprint density at radius 2 is 1.86 bits per heavy atom. The van der Waals surface area contributed by atoms with Crippen molar-refractivity contribution >= 4 is 45.5 Å². The fraction of sp³-hybridized carbons (Fsp3) is 0.150. The van der Waals surface area contributed by atoms with Crippen LogP contribution in [0.5, 0.6) is 17.2 Å². The predicted molar refractivity (Wildman–Crippen MR) is 109 cm³/mol. The Labute approximate surface area is 174 Å². The van der Waals surface area contributed by atoms with E-state index in [0.717, 1.165) is 4.90 Å². The zero-order chi connectivity index (χ0) is 21.1. The number of imide groups is 2. The lowest BCUT2D eigenvalue weighted by Crippen LogP contribution is -2.54. The van der Waals surface area contributed by atoms with E-state index in [4.69, 9.17) is 9.47 Å². The molecule has 2 aromatic rings. The number of phenols is 1. The highest BCUT2D eigenvalue weighted by Crippen LogP contribution is 2.35. The van der Waals surface area contributed by atoms with Crippen LogP contribution in [0.2, 0.25) is 0 Å². The second-order valence-electron chi connectivity index (χ2n) is 5.93. The molecule has 8 nitrogen and oxygen atoms in total. The number of carbonyl (C=O) groups excluding carboxylic acids is 3. The molecule has 1 heterocycles. The van der Waals surface area contributed by atoms with Gasteiger partial charge in [0.2, 0.25) is 0 Å². The molecule has 29 heavy (non-hydrogen) atoms. The number of rotatable bonds is 5. The molecule has 0 atom stereocenters. The van der Waals surface area contributed by atoms with Gasteiger partial charge >= 0.3 is 6.03 Å². The van der Waals surface area contributed by atoms with Gasteiger partial charge in [0.1, 0.15) is 11.3 Å². The van der Waals surface area contributed by atoms with Crippen LogP contribution in [0.15, 0.2) is 46.4 Å². The molecule has 1 aliphatic rings. The van der Waals surface area contributed by atoms with E-state index in [1.54, 1.807) is 12.1 Å². The number of phenolic OH excluding ortho intramolecular Hbond substituents is 1. The highest BCUT2D eigenvalue weighted by molar-refractivity contribution is 9.10. The number of benzene rings is 2. The molecule has 2 N–H and O–H groups in total. The van der Waals surface area contributed by atoms with Gasteiger partial charge in [0.15, 0.2) is 11.5 Å². The number of hydrogen-bond acceptors (Lipinski definition) is 6. The van der Waals surface area contributed by atoms with Crippen LogP contribution < -0.4 is 19.7 Å². The van der Waals surface area contributed by atoms with Gasteiger partial charge < -0.3 is 14.6 Å². The molecule has 2 aromatic carbocycles. The van der Waals surface area contributed by atoms with Crippen molar-refractivity contribution in [2.75, 3.05) is 18.6 Å². The predicted octanol–water partition coefficient (Wildman–Crippen LogP) is 3.23. The van der Waals surface area contributed by atoms with Crippen molar-refractivity contribution in [2.24, 2.45) is 0 Å². The highest BCUT2D eigenvalue weighted by Gasteiger charge is 2.37. The Morgan fingerprint density at radius 1 is 1.17 bits per heavy atom. The molecule has 3 rings (SSSR count). The number of carbonyl (C=O) groups is 3. The molecule has 1 aliphatic heterocycles. The summed E-state index contributed by atoms with van der Waals surface area (Å²) in [5.74, 6) is -1.18. The van der Waals surface area contributed by atoms with Gasteiger partial charge in [-0.1, -0.05) is 15.9 Å². The SMILES string of the molecule is CCOc1ccc(N2C(=O)NC(=O)/C(=C\c3cc(Br)cc(OC)c3O)C2=O)cc1. The lowest BCUT2D eigenvalue weighted by molar-refractivity contribution is -0.122. The van der Waals surface area contributed by atoms with E-state index in [1.165, 1.54) is 37.5 Å². The van der Waals surface area contributed by atoms with Crippen LogP contribution in [0.1, 0.15) is 12.5 Å². The van der Waals surface area contributed by atoms with Crippen LogP contribution in [0.25, 0.3) is 6.08 Å². The van der Waals surface area contributed by atoms with E-state index in [9.17, 15) is 19.5 Å². The second-order valence-corrected chi connectivity index (χ2v) is 6.85. The number of barbiturate groups is 1. The number of methoxy groups -OCH3 is 1. The highest BCUT2D eigenvalue weighted by atomic mass is 79.9. The van der Waals surface area contributed by atoms with E-state index in [0.29, 0.717) is 16.8 Å². The van der Waals surface area contributed by atoms with E-state index < -0.39 is 17.8 Å². The van der Waals surface area contributed by atoms with E-state index in [-0.39, 0.29) is 28.3 Å². The average Bonchev–Trinajstić information content (AvgIpc) is 2.68. The maximum absolute atomic E-state index is 12.9. The quantitative estimate of drug-likeness (QED) is 0.524. The lowest BCUT2D eigenvalue weighted by atomic mass is 10.1. The second kappa shape index (κ2) is 8.36. The third kappa shape index (κ3) is 4.09. The number of halogens is 1. The Morgan fingerprint density at radius 3 is 2.48 bits per heavy atom. The zero-order valence-electron chi connectivity index (χ0n) is 15.6. The zero-order valence-corrected chi connectivity index (χ0v) is 17.1. The van der Waals surface area contributed by atoms with Crippen molar-refractivity contribution in [3.05, 3.63) is 52.0 Å². The molecular formula is C20H17BrN2O6. The first kappa shape index (κ1) is 20.4. The molecule has 0 spiro atoms. The maximum Gasteiger partial charge on any atom is 0.335 e. The molecule has 0 unspecified atom stereocenters. The van der Waals surface area contributed by atoms with Gasteiger partial charge in [0.05, 0.1) is 19.4 Å². The van der Waals surface area contributed by atoms with Gasteiger partial charge in [-0.25, -0.2) is 9.69 Å². The lowest BCUT2D eigenvalue weighted by Gasteiger charge is -2.26. The molecule has 9 heteroatoms. The molecular weight excluding hydrogens is 444 g/mol. The number of ether oxygens (including phenoxy) is 2. The minimum atomic E-state index is -0.864. The summed E-state index contributed by atoms with van der Waals surface area (Å²) in [6, 6.07) is 8.50. The monoisotopic (exact) mass is 460 g/mol. The van der Waals surface area contributed by atoms with E-state index in [2.05, 4.69) is 21.2 Å². The fourth-order valence-corrected chi connectivity index (χ4v) is 3.22. The van der Waals surface area contributed by atoms with Crippen molar-refractivity contribution in [2.45, 2.75) is 6.92 Å².